The molecule has 0 radical (unpaired) electrons. The first-order chi connectivity index (χ1) is 11.5. The number of carbonyl (C=O) groups is 1. The van der Waals surface area contributed by atoms with E-state index < -0.39 is 14.8 Å². The van der Waals surface area contributed by atoms with E-state index in [4.69, 9.17) is 0 Å². The Labute approximate surface area is 147 Å². The highest BCUT2D eigenvalue weighted by Crippen LogP contribution is 2.21. The summed E-state index contributed by atoms with van der Waals surface area (Å²) in [5.74, 6) is -0.731. The molecule has 0 atom stereocenters. The van der Waals surface area contributed by atoms with Crippen LogP contribution in [-0.2, 0) is 10.0 Å². The van der Waals surface area contributed by atoms with Crippen molar-refractivity contribution in [1.29, 1.82) is 0 Å². The van der Waals surface area contributed by atoms with Gasteiger partial charge in [0.05, 0.1) is 4.75 Å². The zero-order valence-electron chi connectivity index (χ0n) is 14.6. The Morgan fingerprint density at radius 3 is 2.16 bits per heavy atom. The monoisotopic (exact) mass is 364 g/mol. The van der Waals surface area contributed by atoms with Gasteiger partial charge in [0.25, 0.3) is 5.91 Å². The van der Waals surface area contributed by atoms with Gasteiger partial charge in [0.1, 0.15) is 5.82 Å². The topological polar surface area (TPSA) is 75.3 Å². The minimum absolute atomic E-state index is 0.361. The fourth-order valence-electron chi connectivity index (χ4n) is 1.96. The second-order valence-corrected chi connectivity index (χ2v) is 9.14. The maximum absolute atomic E-state index is 13.1. The maximum Gasteiger partial charge on any atom is 0.255 e. The van der Waals surface area contributed by atoms with Crippen LogP contribution in [0.5, 0.6) is 0 Å². The molecule has 2 aromatic carbocycles. The van der Waals surface area contributed by atoms with E-state index in [0.29, 0.717) is 22.5 Å². The molecule has 25 heavy (non-hydrogen) atoms. The van der Waals surface area contributed by atoms with E-state index >= 15 is 0 Å². The molecule has 0 aliphatic rings. The lowest BCUT2D eigenvalue weighted by Crippen LogP contribution is -2.33. The number of sulfonamides is 1. The normalized spacial score (nSPS) is 11.9. The minimum atomic E-state index is -3.53. The fraction of sp³-hybridized carbons (Fsp3) is 0.278. The van der Waals surface area contributed by atoms with Crippen LogP contribution in [0.4, 0.5) is 15.8 Å². The Kier molecular flexibility index (Phi) is 5.17. The van der Waals surface area contributed by atoms with Gasteiger partial charge in [-0.15, -0.1) is 0 Å². The Balaban J connectivity index is 2.13. The molecule has 0 saturated heterocycles. The van der Waals surface area contributed by atoms with Crippen molar-refractivity contribution < 1.29 is 17.6 Å². The molecule has 2 aromatic rings. The van der Waals surface area contributed by atoms with Crippen LogP contribution < -0.4 is 10.0 Å². The first kappa shape index (κ1) is 18.9. The van der Waals surface area contributed by atoms with E-state index in [1.807, 2.05) is 0 Å². The highest BCUT2D eigenvalue weighted by atomic mass is 32.2. The third-order valence-corrected chi connectivity index (χ3v) is 5.76. The average Bonchev–Trinajstić information content (AvgIpc) is 2.49. The quantitative estimate of drug-likeness (QED) is 0.863. The van der Waals surface area contributed by atoms with Crippen LogP contribution in [0, 0.1) is 12.7 Å². The summed E-state index contributed by atoms with van der Waals surface area (Å²) < 4.78 is 38.9. The lowest BCUT2D eigenvalue weighted by Gasteiger charge is -2.20. The van der Waals surface area contributed by atoms with Crippen LogP contribution in [0.3, 0.4) is 0 Å². The first-order valence-electron chi connectivity index (χ1n) is 7.69. The largest absolute Gasteiger partial charge is 0.322 e. The van der Waals surface area contributed by atoms with Crippen molar-refractivity contribution in [3.05, 3.63) is 59.4 Å². The molecule has 134 valence electrons. The predicted molar refractivity (Wildman–Crippen MR) is 97.8 cm³/mol. The average molecular weight is 364 g/mol. The maximum atomic E-state index is 13.1. The number of benzene rings is 2. The van der Waals surface area contributed by atoms with Crippen LogP contribution in [0.2, 0.25) is 0 Å². The van der Waals surface area contributed by atoms with Crippen LogP contribution in [0.1, 0.15) is 36.7 Å². The lowest BCUT2D eigenvalue weighted by molar-refractivity contribution is 0.102. The van der Waals surface area contributed by atoms with Crippen molar-refractivity contribution in [3.8, 4) is 0 Å². The Bertz CT molecular complexity index is 886. The third-order valence-electron chi connectivity index (χ3n) is 3.64. The zero-order chi connectivity index (χ0) is 18.8. The van der Waals surface area contributed by atoms with Gasteiger partial charge < -0.3 is 5.32 Å². The minimum Gasteiger partial charge on any atom is -0.322 e. The van der Waals surface area contributed by atoms with Crippen molar-refractivity contribution in [3.63, 3.8) is 0 Å². The Morgan fingerprint density at radius 1 is 1.04 bits per heavy atom. The van der Waals surface area contributed by atoms with Gasteiger partial charge in [0.2, 0.25) is 10.0 Å². The van der Waals surface area contributed by atoms with Gasteiger partial charge in [-0.3, -0.25) is 9.52 Å². The predicted octanol–water partition coefficient (Wildman–Crippen LogP) is 3.93. The molecule has 0 aliphatic carbocycles. The molecule has 7 heteroatoms. The molecule has 0 heterocycles. The van der Waals surface area contributed by atoms with Gasteiger partial charge in [-0.2, -0.15) is 0 Å². The van der Waals surface area contributed by atoms with E-state index in [1.165, 1.54) is 42.5 Å². The highest BCUT2D eigenvalue weighted by Gasteiger charge is 2.28. The van der Waals surface area contributed by atoms with E-state index in [9.17, 15) is 17.6 Å². The van der Waals surface area contributed by atoms with Crippen LogP contribution in [0.15, 0.2) is 42.5 Å². The summed E-state index contributed by atoms with van der Waals surface area (Å²) in [6, 6.07) is 10.2. The first-order valence-corrected chi connectivity index (χ1v) is 9.18. The number of rotatable bonds is 4. The molecule has 0 spiro atoms. The van der Waals surface area contributed by atoms with Crippen molar-refractivity contribution in [2.24, 2.45) is 0 Å². The second-order valence-electron chi connectivity index (χ2n) is 6.71. The molecule has 5 nitrogen and oxygen atoms in total. The molecule has 0 aromatic heterocycles. The van der Waals surface area contributed by atoms with Crippen LogP contribution in [0.25, 0.3) is 0 Å². The molecule has 0 saturated carbocycles. The number of halogens is 1. The SMILES string of the molecule is Cc1cc(F)ccc1NC(=O)c1ccc(NS(=O)(=O)C(C)(C)C)cc1. The molecule has 1 amide bonds. The van der Waals surface area contributed by atoms with Crippen molar-refractivity contribution in [2.45, 2.75) is 32.4 Å². The van der Waals surface area contributed by atoms with Crippen molar-refractivity contribution >= 4 is 27.3 Å². The second kappa shape index (κ2) is 6.84. The molecule has 0 fully saturated rings. The van der Waals surface area contributed by atoms with Gasteiger partial charge in [0, 0.05) is 16.9 Å². The van der Waals surface area contributed by atoms with Gasteiger partial charge in [-0.05, 0) is 75.7 Å². The summed E-state index contributed by atoms with van der Waals surface area (Å²) in [5.41, 5.74) is 1.87. The van der Waals surface area contributed by atoms with Crippen LogP contribution in [-0.4, -0.2) is 19.1 Å². The zero-order valence-corrected chi connectivity index (χ0v) is 15.4. The van der Waals surface area contributed by atoms with Crippen molar-refractivity contribution in [2.75, 3.05) is 10.0 Å². The molecule has 0 unspecified atom stereocenters. The smallest absolute Gasteiger partial charge is 0.255 e. The standard InChI is InChI=1S/C18H21FN2O3S/c1-12-11-14(19)7-10-16(12)20-17(22)13-5-8-15(9-6-13)21-25(23,24)18(2,3)4/h5-11,21H,1-4H3,(H,20,22). The summed E-state index contributed by atoms with van der Waals surface area (Å²) >= 11 is 0. The summed E-state index contributed by atoms with van der Waals surface area (Å²) in [5, 5.41) is 2.70. The van der Waals surface area contributed by atoms with E-state index in [0.717, 1.165) is 0 Å². The molecule has 0 bridgehead atoms. The molecular weight excluding hydrogens is 343 g/mol. The number of carbonyl (C=O) groups excluding carboxylic acids is 1. The van der Waals surface area contributed by atoms with E-state index in [1.54, 1.807) is 27.7 Å². The molecule has 2 rings (SSSR count). The van der Waals surface area contributed by atoms with E-state index in [-0.39, 0.29) is 11.7 Å². The Morgan fingerprint density at radius 2 is 1.64 bits per heavy atom. The molecule has 0 aliphatic heterocycles. The number of aryl methyl sites for hydroxylation is 1. The van der Waals surface area contributed by atoms with Gasteiger partial charge in [0.15, 0.2) is 0 Å². The number of hydrogen-bond donors (Lipinski definition) is 2. The number of amides is 1. The summed E-state index contributed by atoms with van der Waals surface area (Å²) in [6.45, 7) is 6.50. The van der Waals surface area contributed by atoms with Crippen molar-refractivity contribution in [1.82, 2.24) is 0 Å². The molecule has 2 N–H and O–H groups in total. The summed E-state index contributed by atoms with van der Waals surface area (Å²) in [7, 11) is -3.53. The summed E-state index contributed by atoms with van der Waals surface area (Å²) in [6.07, 6.45) is 0. The van der Waals surface area contributed by atoms with Gasteiger partial charge in [-0.1, -0.05) is 0 Å². The third kappa shape index (κ3) is 4.57. The number of anilines is 2. The lowest BCUT2D eigenvalue weighted by atomic mass is 10.1. The Hall–Kier alpha value is -2.41. The highest BCUT2D eigenvalue weighted by molar-refractivity contribution is 7.94. The van der Waals surface area contributed by atoms with E-state index in [2.05, 4.69) is 10.0 Å². The van der Waals surface area contributed by atoms with Gasteiger partial charge in [-0.25, -0.2) is 12.8 Å². The van der Waals surface area contributed by atoms with Crippen LogP contribution >= 0.6 is 0 Å². The summed E-state index contributed by atoms with van der Waals surface area (Å²) in [4.78, 5) is 12.3. The van der Waals surface area contributed by atoms with Gasteiger partial charge >= 0.3 is 0 Å². The number of hydrogen-bond acceptors (Lipinski definition) is 3. The number of nitrogens with one attached hydrogen (secondary N) is 2. The molecular formula is C18H21FN2O3S. The fourth-order valence-corrected chi connectivity index (χ4v) is 2.71.